The molecule has 0 amide bonds. The Labute approximate surface area is 643 Å². The molecule has 4 fully saturated rings. The van der Waals surface area contributed by atoms with Gasteiger partial charge in [0.2, 0.25) is 0 Å². The quantitative estimate of drug-likeness (QED) is 0.113. The number of halogens is 1. The van der Waals surface area contributed by atoms with Gasteiger partial charge in [-0.25, -0.2) is 0 Å². The molecular weight excluding hydrogens is 1300 g/mol. The summed E-state index contributed by atoms with van der Waals surface area (Å²) in [5.74, 6) is 2.62. The molecule has 10 aromatic carbocycles. The minimum Gasteiger partial charge on any atom is -0.311 e. The zero-order valence-corrected chi connectivity index (χ0v) is 66.7. The number of nitrogens with zero attached hydrogens (tertiary/aromatic N) is 4. The van der Waals surface area contributed by atoms with E-state index in [0.29, 0.717) is 23.7 Å². The van der Waals surface area contributed by atoms with Crippen molar-refractivity contribution < 1.29 is 0 Å². The molecule has 10 aromatic rings. The lowest BCUT2D eigenvalue weighted by Crippen LogP contribution is -2.61. The average molecular weight is 1420 g/mol. The fourth-order valence-corrected chi connectivity index (χ4v) is 19.0. The van der Waals surface area contributed by atoms with Crippen LogP contribution in [0.3, 0.4) is 0 Å². The van der Waals surface area contributed by atoms with Crippen LogP contribution in [0.15, 0.2) is 218 Å². The molecule has 16 rings (SSSR count). The van der Waals surface area contributed by atoms with E-state index in [9.17, 15) is 0 Å². The molecule has 0 aromatic heterocycles. The third-order valence-corrected chi connectivity index (χ3v) is 25.4. The van der Waals surface area contributed by atoms with Crippen molar-refractivity contribution >= 4 is 103 Å². The number of hydrogen-bond donors (Lipinski definition) is 0. The Kier molecular flexibility index (Phi) is 21.0. The number of fused-ring (bicyclic) bond motifs is 4. The number of rotatable bonds is 12. The van der Waals surface area contributed by atoms with Gasteiger partial charge in [-0.2, -0.15) is 0 Å². The summed E-state index contributed by atoms with van der Waals surface area (Å²) in [5.41, 5.74) is 30.2. The fourth-order valence-electron chi connectivity index (χ4n) is 18.7. The SMILES string of the molecule is CC(C)(C)c1ccc(N(c2ccc(C3CCCCC3)cc2)c2cccc(N(c3ccc(C4CCCCC4)cc3)c3ccc(C(C)(C)C)cc3)c2Cl)cc1.CC(C)(C)c1ccc(N2c3ccc(C4CCCCC4)cc3B3c4cc(C5CCCCC5)ccc4N(c4ccc(C(C)(C)C)cc4)c4cccc2c43)cc1. The van der Waals surface area contributed by atoms with Crippen LogP contribution in [0.1, 0.15) is 280 Å². The molecule has 106 heavy (non-hydrogen) atoms. The Morgan fingerprint density at radius 3 is 0.858 bits per heavy atom. The predicted molar refractivity (Wildman–Crippen MR) is 459 cm³/mol. The van der Waals surface area contributed by atoms with E-state index in [4.69, 9.17) is 11.6 Å². The third kappa shape index (κ3) is 15.2. The molecule has 0 bridgehead atoms. The maximum atomic E-state index is 7.73. The second-order valence-corrected chi connectivity index (χ2v) is 36.8. The average Bonchev–Trinajstić information content (AvgIpc) is 0.720. The van der Waals surface area contributed by atoms with Crippen molar-refractivity contribution in [3.05, 3.63) is 268 Å². The van der Waals surface area contributed by atoms with Crippen molar-refractivity contribution in [2.24, 2.45) is 0 Å². The summed E-state index contributed by atoms with van der Waals surface area (Å²) in [4.78, 5) is 9.85. The highest BCUT2D eigenvalue weighted by atomic mass is 35.5. The van der Waals surface area contributed by atoms with Gasteiger partial charge in [0.1, 0.15) is 0 Å². The first kappa shape index (κ1) is 73.3. The lowest BCUT2D eigenvalue weighted by Gasteiger charge is -2.44. The molecule has 4 saturated carbocycles. The summed E-state index contributed by atoms with van der Waals surface area (Å²) in [6, 6.07) is 84.4. The van der Waals surface area contributed by atoms with Gasteiger partial charge in [-0.1, -0.05) is 281 Å². The zero-order chi connectivity index (χ0) is 73.7. The van der Waals surface area contributed by atoms with E-state index in [1.807, 2.05) is 0 Å². The van der Waals surface area contributed by atoms with Crippen LogP contribution >= 0.6 is 11.6 Å². The van der Waals surface area contributed by atoms with Gasteiger partial charge in [0.05, 0.1) is 16.4 Å². The van der Waals surface area contributed by atoms with E-state index < -0.39 is 0 Å². The van der Waals surface area contributed by atoms with E-state index in [-0.39, 0.29) is 28.4 Å². The van der Waals surface area contributed by atoms with E-state index >= 15 is 0 Å². The van der Waals surface area contributed by atoms with Crippen LogP contribution in [0.4, 0.5) is 68.2 Å². The summed E-state index contributed by atoms with van der Waals surface area (Å²) in [7, 11) is 0. The molecule has 6 aliphatic rings. The largest absolute Gasteiger partial charge is 0.311 e. The maximum Gasteiger partial charge on any atom is 0.252 e. The Bertz CT molecular complexity index is 4360. The summed E-state index contributed by atoms with van der Waals surface area (Å²) >= 11 is 7.73. The molecule has 0 unspecified atom stereocenters. The van der Waals surface area contributed by atoms with Gasteiger partial charge >= 0.3 is 0 Å². The lowest BCUT2D eigenvalue weighted by molar-refractivity contribution is 0.443. The van der Waals surface area contributed by atoms with Gasteiger partial charge in [-0.15, -0.1) is 0 Å². The van der Waals surface area contributed by atoms with Crippen molar-refractivity contribution in [3.63, 3.8) is 0 Å². The van der Waals surface area contributed by atoms with E-state index in [2.05, 4.69) is 321 Å². The van der Waals surface area contributed by atoms with Crippen LogP contribution in [0.2, 0.25) is 5.02 Å². The molecular formula is C100H116BClN4. The molecule has 4 nitrogen and oxygen atoms in total. The highest BCUT2D eigenvalue weighted by molar-refractivity contribution is 7.00. The van der Waals surface area contributed by atoms with Crippen LogP contribution in [0.25, 0.3) is 0 Å². The first-order valence-corrected chi connectivity index (χ1v) is 41.4. The molecule has 0 spiro atoms. The minimum atomic E-state index is 0.0676. The summed E-state index contributed by atoms with van der Waals surface area (Å²) < 4.78 is 0. The second kappa shape index (κ2) is 30.4. The van der Waals surface area contributed by atoms with Crippen molar-refractivity contribution in [3.8, 4) is 0 Å². The van der Waals surface area contributed by atoms with Crippen LogP contribution in [-0.2, 0) is 21.7 Å². The van der Waals surface area contributed by atoms with Crippen LogP contribution in [0, 0.1) is 0 Å². The van der Waals surface area contributed by atoms with Gasteiger partial charge in [0.15, 0.2) is 0 Å². The fraction of sp³-hybridized carbons (Fsp3) is 0.400. The molecule has 4 aliphatic carbocycles. The van der Waals surface area contributed by atoms with Gasteiger partial charge < -0.3 is 19.6 Å². The van der Waals surface area contributed by atoms with Crippen LogP contribution in [-0.4, -0.2) is 6.71 Å². The monoisotopic (exact) mass is 1420 g/mol. The van der Waals surface area contributed by atoms with Crippen LogP contribution in [0.5, 0.6) is 0 Å². The first-order chi connectivity index (χ1) is 51.0. The summed E-state index contributed by atoms with van der Waals surface area (Å²) in [6.45, 7) is 27.7. The molecule has 6 heteroatoms. The smallest absolute Gasteiger partial charge is 0.252 e. The second-order valence-electron chi connectivity index (χ2n) is 36.4. The van der Waals surface area contributed by atoms with Crippen molar-refractivity contribution in [2.75, 3.05) is 19.6 Å². The Morgan fingerprint density at radius 2 is 0.557 bits per heavy atom. The van der Waals surface area contributed by atoms with E-state index in [1.165, 1.54) is 223 Å². The predicted octanol–water partition coefficient (Wildman–Crippen LogP) is 28.4. The summed E-state index contributed by atoms with van der Waals surface area (Å²) in [5, 5.41) is 0.722. The highest BCUT2D eigenvalue weighted by Crippen LogP contribution is 2.51. The van der Waals surface area contributed by atoms with Crippen molar-refractivity contribution in [1.29, 1.82) is 0 Å². The van der Waals surface area contributed by atoms with Crippen molar-refractivity contribution in [2.45, 2.75) is 257 Å². The Morgan fingerprint density at radius 1 is 0.292 bits per heavy atom. The number of hydrogen-bond acceptors (Lipinski definition) is 4. The molecule has 0 atom stereocenters. The molecule has 2 heterocycles. The Hall–Kier alpha value is -8.25. The molecule has 0 N–H and O–H groups in total. The minimum absolute atomic E-state index is 0.0676. The van der Waals surface area contributed by atoms with Gasteiger partial charge in [0.25, 0.3) is 6.71 Å². The summed E-state index contributed by atoms with van der Waals surface area (Å²) in [6.07, 6.45) is 26.6. The molecule has 0 radical (unpaired) electrons. The number of anilines is 12. The van der Waals surface area contributed by atoms with E-state index in [0.717, 1.165) is 39.1 Å². The van der Waals surface area contributed by atoms with Crippen molar-refractivity contribution in [1.82, 2.24) is 0 Å². The maximum absolute atomic E-state index is 7.73. The first-order valence-electron chi connectivity index (χ1n) is 41.1. The third-order valence-electron chi connectivity index (χ3n) is 25.1. The lowest BCUT2D eigenvalue weighted by atomic mass is 9.33. The Balaban J connectivity index is 0.000000170. The van der Waals surface area contributed by atoms with Gasteiger partial charge in [-0.3, -0.25) is 0 Å². The van der Waals surface area contributed by atoms with Crippen LogP contribution < -0.4 is 36.0 Å². The standard InChI is InChI=1S/C50H57BN2.C50H59ClN2/c1-49(2,3)38-22-26-40(27-23-38)52-44-30-20-36(34-14-9-7-10-15-34)32-42(44)51-43-33-37(35-16-11-8-12-17-35)21-31-45(43)53(47-19-13-18-46(52)48(47)51)41-28-24-39(25-29-41)50(4,5)6;1-49(2,3)40-24-32-44(33-25-40)52(42-28-20-38(21-29-42)36-14-9-7-10-15-36)46-18-13-19-47(48(46)51)53(45-34-26-41(27-35-45)50(4,5)6)43-30-22-39(23-31-43)37-16-11-8-12-17-37/h13,18-35H,7-12,14-17H2,1-6H3;13,18-37H,7-12,14-17H2,1-6H3. The highest BCUT2D eigenvalue weighted by Gasteiger charge is 2.44. The van der Waals surface area contributed by atoms with Gasteiger partial charge in [-0.05, 0) is 267 Å². The topological polar surface area (TPSA) is 13.0 Å². The zero-order valence-electron chi connectivity index (χ0n) is 66.0. The molecule has 0 saturated heterocycles. The normalized spacial score (nSPS) is 16.9. The molecule has 2 aliphatic heterocycles. The van der Waals surface area contributed by atoms with E-state index in [1.54, 1.807) is 0 Å². The number of benzene rings is 10. The van der Waals surface area contributed by atoms with Gasteiger partial charge in [0, 0.05) is 56.9 Å². The molecule has 546 valence electrons.